The SMILES string of the molecule is CCOC(=O)N1CCc2sc(C(=O)C(F)(F)F)c3c2[C@@H](CC3)C1. The monoisotopic (exact) mass is 347 g/mol. The minimum Gasteiger partial charge on any atom is -0.450 e. The molecule has 0 saturated carbocycles. The van der Waals surface area contributed by atoms with Crippen LogP contribution in [0.5, 0.6) is 0 Å². The Bertz CT molecular complexity index is 653. The number of carbonyl (C=O) groups is 2. The minimum absolute atomic E-state index is 0.00191. The van der Waals surface area contributed by atoms with Gasteiger partial charge in [-0.2, -0.15) is 13.2 Å². The Morgan fingerprint density at radius 2 is 2.09 bits per heavy atom. The van der Waals surface area contributed by atoms with Gasteiger partial charge in [-0.3, -0.25) is 4.79 Å². The van der Waals surface area contributed by atoms with Crippen LogP contribution < -0.4 is 0 Å². The Morgan fingerprint density at radius 1 is 1.35 bits per heavy atom. The maximum Gasteiger partial charge on any atom is 0.455 e. The van der Waals surface area contributed by atoms with E-state index in [1.54, 1.807) is 11.8 Å². The molecule has 1 aromatic rings. The van der Waals surface area contributed by atoms with Crippen molar-refractivity contribution >= 4 is 23.2 Å². The van der Waals surface area contributed by atoms with Gasteiger partial charge in [0, 0.05) is 23.9 Å². The van der Waals surface area contributed by atoms with Crippen LogP contribution in [0.25, 0.3) is 0 Å². The fraction of sp³-hybridized carbons (Fsp3) is 0.600. The zero-order valence-electron chi connectivity index (χ0n) is 12.5. The summed E-state index contributed by atoms with van der Waals surface area (Å²) in [5.74, 6) is -1.74. The number of rotatable bonds is 2. The van der Waals surface area contributed by atoms with Crippen molar-refractivity contribution in [2.75, 3.05) is 19.7 Å². The highest BCUT2D eigenvalue weighted by Crippen LogP contribution is 2.46. The standard InChI is InChI=1S/C15H16F3NO3S/c1-2-22-14(21)19-6-5-10-11-8(7-19)3-4-9(11)12(23-10)13(20)15(16,17)18/h8H,2-7H2,1H3/t8-/m0/s1. The predicted molar refractivity (Wildman–Crippen MR) is 78.1 cm³/mol. The Balaban J connectivity index is 1.89. The number of Topliss-reactive ketones (excluding diaryl/α,β-unsaturated/α-hetero) is 1. The third-order valence-electron chi connectivity index (χ3n) is 4.32. The van der Waals surface area contributed by atoms with Crippen molar-refractivity contribution in [1.29, 1.82) is 0 Å². The van der Waals surface area contributed by atoms with Crippen LogP contribution in [0, 0.1) is 0 Å². The van der Waals surface area contributed by atoms with Gasteiger partial charge in [0.15, 0.2) is 0 Å². The third kappa shape index (κ3) is 2.84. The van der Waals surface area contributed by atoms with Gasteiger partial charge >= 0.3 is 12.3 Å². The molecular weight excluding hydrogens is 331 g/mol. The first kappa shape index (κ1) is 16.3. The highest BCUT2D eigenvalue weighted by Gasteiger charge is 2.45. The Morgan fingerprint density at radius 3 is 2.74 bits per heavy atom. The smallest absolute Gasteiger partial charge is 0.450 e. The molecule has 0 N–H and O–H groups in total. The number of carbonyl (C=O) groups excluding carboxylic acids is 2. The van der Waals surface area contributed by atoms with E-state index in [-0.39, 0.29) is 23.5 Å². The summed E-state index contributed by atoms with van der Waals surface area (Å²) >= 11 is 0.944. The van der Waals surface area contributed by atoms with E-state index in [0.29, 0.717) is 37.9 Å². The minimum atomic E-state index is -4.84. The van der Waals surface area contributed by atoms with Crippen molar-refractivity contribution in [3.63, 3.8) is 0 Å². The van der Waals surface area contributed by atoms with Crippen LogP contribution in [0.4, 0.5) is 18.0 Å². The average molecular weight is 347 g/mol. The Hall–Kier alpha value is -1.57. The topological polar surface area (TPSA) is 46.6 Å². The van der Waals surface area contributed by atoms with Gasteiger partial charge in [-0.05, 0) is 37.3 Å². The number of hydrogen-bond donors (Lipinski definition) is 0. The summed E-state index contributed by atoms with van der Waals surface area (Å²) in [5, 5.41) is 0. The van der Waals surface area contributed by atoms with Gasteiger partial charge in [0.1, 0.15) is 0 Å². The number of hydrogen-bond acceptors (Lipinski definition) is 4. The average Bonchev–Trinajstić information content (AvgIpc) is 2.97. The molecule has 3 rings (SSSR count). The molecule has 8 heteroatoms. The van der Waals surface area contributed by atoms with Crippen LogP contribution in [0.2, 0.25) is 0 Å². The first-order valence-corrected chi connectivity index (χ1v) is 8.32. The van der Waals surface area contributed by atoms with Gasteiger partial charge in [0.25, 0.3) is 5.78 Å². The molecule has 1 amide bonds. The molecule has 0 aromatic carbocycles. The molecule has 126 valence electrons. The Labute approximate surface area is 135 Å². The zero-order valence-corrected chi connectivity index (χ0v) is 13.4. The van der Waals surface area contributed by atoms with Gasteiger partial charge in [0.2, 0.25) is 0 Å². The lowest BCUT2D eigenvalue weighted by Crippen LogP contribution is -2.34. The van der Waals surface area contributed by atoms with Gasteiger partial charge in [-0.15, -0.1) is 11.3 Å². The molecule has 0 unspecified atom stereocenters. The maximum absolute atomic E-state index is 12.7. The summed E-state index contributed by atoms with van der Waals surface area (Å²) < 4.78 is 43.3. The molecule has 0 radical (unpaired) electrons. The first-order valence-electron chi connectivity index (χ1n) is 7.50. The number of alkyl halides is 3. The molecule has 1 aromatic heterocycles. The molecule has 4 nitrogen and oxygen atoms in total. The van der Waals surface area contributed by atoms with Gasteiger partial charge < -0.3 is 9.64 Å². The van der Waals surface area contributed by atoms with E-state index in [4.69, 9.17) is 4.74 Å². The lowest BCUT2D eigenvalue weighted by Gasteiger charge is -2.22. The third-order valence-corrected chi connectivity index (χ3v) is 5.62. The predicted octanol–water partition coefficient (Wildman–Crippen LogP) is 3.54. The Kier molecular flexibility index (Phi) is 4.12. The van der Waals surface area contributed by atoms with Crippen LogP contribution in [0.3, 0.4) is 0 Å². The molecule has 23 heavy (non-hydrogen) atoms. The van der Waals surface area contributed by atoms with E-state index in [1.807, 2.05) is 0 Å². The van der Waals surface area contributed by atoms with E-state index >= 15 is 0 Å². The van der Waals surface area contributed by atoms with Crippen molar-refractivity contribution in [2.45, 2.75) is 38.3 Å². The van der Waals surface area contributed by atoms with Crippen molar-refractivity contribution in [1.82, 2.24) is 4.90 Å². The van der Waals surface area contributed by atoms with E-state index in [0.717, 1.165) is 21.8 Å². The van der Waals surface area contributed by atoms with E-state index in [1.165, 1.54) is 0 Å². The van der Waals surface area contributed by atoms with Crippen molar-refractivity contribution in [2.24, 2.45) is 0 Å². The fourth-order valence-corrected chi connectivity index (χ4v) is 4.75. The maximum atomic E-state index is 12.7. The lowest BCUT2D eigenvalue weighted by atomic mass is 10.0. The highest BCUT2D eigenvalue weighted by atomic mass is 32.1. The van der Waals surface area contributed by atoms with E-state index in [2.05, 4.69) is 0 Å². The van der Waals surface area contributed by atoms with Crippen LogP contribution >= 0.6 is 11.3 Å². The van der Waals surface area contributed by atoms with Crippen LogP contribution in [-0.4, -0.2) is 42.6 Å². The number of thiophene rings is 1. The van der Waals surface area contributed by atoms with Crippen molar-refractivity contribution in [3.8, 4) is 0 Å². The number of halogens is 3. The summed E-state index contributed by atoms with van der Waals surface area (Å²) in [7, 11) is 0. The number of ether oxygens (including phenoxy) is 1. The molecule has 0 saturated heterocycles. The number of amides is 1. The lowest BCUT2D eigenvalue weighted by molar-refractivity contribution is -0.0883. The summed E-state index contributed by atoms with van der Waals surface area (Å²) in [4.78, 5) is 25.8. The van der Waals surface area contributed by atoms with Crippen molar-refractivity contribution < 1.29 is 27.5 Å². The van der Waals surface area contributed by atoms with Crippen molar-refractivity contribution in [3.05, 3.63) is 20.9 Å². The largest absolute Gasteiger partial charge is 0.455 e. The molecular formula is C15H16F3NO3S. The van der Waals surface area contributed by atoms with Gasteiger partial charge in [-0.25, -0.2) is 4.79 Å². The van der Waals surface area contributed by atoms with Crippen LogP contribution in [0.15, 0.2) is 0 Å². The van der Waals surface area contributed by atoms with Gasteiger partial charge in [-0.1, -0.05) is 0 Å². The quantitative estimate of drug-likeness (QED) is 0.769. The van der Waals surface area contributed by atoms with Gasteiger partial charge in [0.05, 0.1) is 11.5 Å². The molecule has 0 spiro atoms. The fourth-order valence-electron chi connectivity index (χ4n) is 3.37. The molecule has 2 aliphatic rings. The first-order chi connectivity index (χ1) is 10.8. The molecule has 1 aliphatic heterocycles. The highest BCUT2D eigenvalue weighted by molar-refractivity contribution is 7.14. The molecule has 0 fully saturated rings. The summed E-state index contributed by atoms with van der Waals surface area (Å²) in [5.41, 5.74) is 1.41. The molecule has 1 aliphatic carbocycles. The van der Waals surface area contributed by atoms with Crippen LogP contribution in [-0.2, 0) is 17.6 Å². The van der Waals surface area contributed by atoms with E-state index in [9.17, 15) is 22.8 Å². The second kappa shape index (κ2) is 5.81. The second-order valence-corrected chi connectivity index (χ2v) is 6.81. The molecule has 2 heterocycles. The summed E-state index contributed by atoms with van der Waals surface area (Å²) in [6, 6.07) is 0. The normalized spacial score (nSPS) is 20.2. The zero-order chi connectivity index (χ0) is 16.8. The summed E-state index contributed by atoms with van der Waals surface area (Å²) in [6.07, 6.45) is -3.63. The molecule has 1 atom stereocenters. The number of nitrogens with zero attached hydrogens (tertiary/aromatic N) is 1. The molecule has 0 bridgehead atoms. The number of ketones is 1. The summed E-state index contributed by atoms with van der Waals surface area (Å²) in [6.45, 7) is 2.86. The van der Waals surface area contributed by atoms with Crippen LogP contribution in [0.1, 0.15) is 44.9 Å². The second-order valence-electron chi connectivity index (χ2n) is 5.70. The van der Waals surface area contributed by atoms with E-state index < -0.39 is 12.0 Å².